The smallest absolute Gasteiger partial charge is 0.346 e. The normalized spacial score (nSPS) is 18.0. The molecule has 1 aliphatic heterocycles. The van der Waals surface area contributed by atoms with Gasteiger partial charge in [-0.05, 0) is 18.4 Å². The third-order valence-corrected chi connectivity index (χ3v) is 5.39. The van der Waals surface area contributed by atoms with Gasteiger partial charge in [0.15, 0.2) is 0 Å². The van der Waals surface area contributed by atoms with E-state index in [1.807, 2.05) is 6.92 Å². The molecule has 1 saturated carbocycles. The molecule has 1 aromatic heterocycles. The van der Waals surface area contributed by atoms with Crippen LogP contribution in [0.3, 0.4) is 0 Å². The van der Waals surface area contributed by atoms with Gasteiger partial charge in [0, 0.05) is 12.0 Å². The van der Waals surface area contributed by atoms with Gasteiger partial charge in [0.2, 0.25) is 0 Å². The van der Waals surface area contributed by atoms with Crippen LogP contribution in [-0.4, -0.2) is 16.9 Å². The van der Waals surface area contributed by atoms with Crippen LogP contribution in [0, 0.1) is 12.8 Å². The Morgan fingerprint density at radius 2 is 2.24 bits per heavy atom. The number of aromatic carboxylic acids is 1. The number of amidine groups is 1. The topological polar surface area (TPSA) is 61.7 Å². The first-order valence-electron chi connectivity index (χ1n) is 7.22. The van der Waals surface area contributed by atoms with Gasteiger partial charge >= 0.3 is 5.97 Å². The summed E-state index contributed by atoms with van der Waals surface area (Å²) in [6, 6.07) is 0. The molecule has 5 heteroatoms. The van der Waals surface area contributed by atoms with Crippen LogP contribution in [0.2, 0.25) is 0 Å². The average Bonchev–Trinajstić information content (AvgIpc) is 3.06. The molecule has 0 aromatic carbocycles. The van der Waals surface area contributed by atoms with Crippen LogP contribution in [0.1, 0.15) is 52.9 Å². The standard InChI is InChI=1S/C16H18N2O2S/c1-3-11-13-9(2)14(16(19)20)21-15(13)18-12(17-11)8-10-6-4-5-7-10/h10H,1,4-8H2,2H3,(H,17,18)(H,19,20). The summed E-state index contributed by atoms with van der Waals surface area (Å²) in [4.78, 5) is 16.3. The Morgan fingerprint density at radius 3 is 2.86 bits per heavy atom. The van der Waals surface area contributed by atoms with Gasteiger partial charge in [-0.25, -0.2) is 9.79 Å². The van der Waals surface area contributed by atoms with Crippen LogP contribution < -0.4 is 5.32 Å². The molecule has 2 aliphatic rings. The Labute approximate surface area is 127 Å². The van der Waals surface area contributed by atoms with Crippen molar-refractivity contribution in [2.24, 2.45) is 10.9 Å². The summed E-state index contributed by atoms with van der Waals surface area (Å²) in [6.45, 7) is 5.54. The Kier molecular flexibility index (Phi) is 3.70. The summed E-state index contributed by atoms with van der Waals surface area (Å²) in [5.74, 6) is 0.700. The monoisotopic (exact) mass is 302 g/mol. The molecule has 110 valence electrons. The number of aliphatic imine (C=N–C) groups is 1. The Bertz CT molecular complexity index is 675. The van der Waals surface area contributed by atoms with Crippen molar-refractivity contribution in [1.29, 1.82) is 0 Å². The lowest BCUT2D eigenvalue weighted by molar-refractivity contribution is 0.0701. The number of carboxylic acid groups (broad SMARTS) is 1. The number of nitrogens with zero attached hydrogens (tertiary/aromatic N) is 1. The molecule has 21 heavy (non-hydrogen) atoms. The molecule has 0 radical (unpaired) electrons. The predicted octanol–water partition coefficient (Wildman–Crippen LogP) is 4.09. The number of hydrogen-bond acceptors (Lipinski definition) is 4. The SMILES string of the molecule is C=C=C1NC(CC2CCCC2)=Nc2sc(C(=O)O)c(C)c21. The van der Waals surface area contributed by atoms with E-state index in [1.54, 1.807) is 0 Å². The average molecular weight is 302 g/mol. The minimum Gasteiger partial charge on any atom is -0.477 e. The maximum absolute atomic E-state index is 11.3. The molecule has 2 heterocycles. The largest absolute Gasteiger partial charge is 0.477 e. The van der Waals surface area contributed by atoms with Gasteiger partial charge in [0.05, 0.1) is 5.70 Å². The Morgan fingerprint density at radius 1 is 1.52 bits per heavy atom. The summed E-state index contributed by atoms with van der Waals surface area (Å²) in [5.41, 5.74) is 5.23. The van der Waals surface area contributed by atoms with Crippen LogP contribution in [0.25, 0.3) is 5.70 Å². The van der Waals surface area contributed by atoms with Gasteiger partial charge in [-0.2, -0.15) is 0 Å². The molecular weight excluding hydrogens is 284 g/mol. The molecule has 0 bridgehead atoms. The maximum Gasteiger partial charge on any atom is 0.346 e. The van der Waals surface area contributed by atoms with Crippen molar-refractivity contribution >= 4 is 33.8 Å². The van der Waals surface area contributed by atoms with Gasteiger partial charge in [-0.1, -0.05) is 32.3 Å². The molecule has 1 fully saturated rings. The zero-order chi connectivity index (χ0) is 15.0. The molecule has 1 aromatic rings. The third kappa shape index (κ3) is 2.55. The zero-order valence-corrected chi connectivity index (χ0v) is 12.8. The van der Waals surface area contributed by atoms with E-state index in [-0.39, 0.29) is 0 Å². The summed E-state index contributed by atoms with van der Waals surface area (Å²) in [5, 5.41) is 13.3. The van der Waals surface area contributed by atoms with Crippen molar-refractivity contribution in [2.75, 3.05) is 0 Å². The van der Waals surface area contributed by atoms with Crippen molar-refractivity contribution < 1.29 is 9.90 Å². The molecule has 0 amide bonds. The van der Waals surface area contributed by atoms with E-state index in [4.69, 9.17) is 0 Å². The van der Waals surface area contributed by atoms with Crippen molar-refractivity contribution in [1.82, 2.24) is 5.32 Å². The minimum absolute atomic E-state index is 0.348. The summed E-state index contributed by atoms with van der Waals surface area (Å²) >= 11 is 1.24. The zero-order valence-electron chi connectivity index (χ0n) is 12.0. The minimum atomic E-state index is -0.900. The molecule has 0 saturated heterocycles. The number of carboxylic acids is 1. The van der Waals surface area contributed by atoms with Gasteiger partial charge in [0.25, 0.3) is 0 Å². The lowest BCUT2D eigenvalue weighted by Crippen LogP contribution is -2.26. The lowest BCUT2D eigenvalue weighted by Gasteiger charge is -2.19. The summed E-state index contributed by atoms with van der Waals surface area (Å²) < 4.78 is 0. The molecule has 4 nitrogen and oxygen atoms in total. The number of fused-ring (bicyclic) bond motifs is 1. The lowest BCUT2D eigenvalue weighted by atomic mass is 10.0. The number of rotatable bonds is 3. The molecule has 3 rings (SSSR count). The van der Waals surface area contributed by atoms with Crippen molar-refractivity contribution in [3.8, 4) is 0 Å². The molecule has 2 N–H and O–H groups in total. The molecule has 0 atom stereocenters. The second-order valence-electron chi connectivity index (χ2n) is 5.63. The molecular formula is C16H18N2O2S. The van der Waals surface area contributed by atoms with E-state index in [2.05, 4.69) is 22.6 Å². The highest BCUT2D eigenvalue weighted by Gasteiger charge is 2.27. The van der Waals surface area contributed by atoms with Gasteiger partial charge in [-0.15, -0.1) is 17.1 Å². The highest BCUT2D eigenvalue weighted by Crippen LogP contribution is 2.41. The first kappa shape index (κ1) is 14.1. The first-order valence-corrected chi connectivity index (χ1v) is 8.03. The van der Waals surface area contributed by atoms with Crippen LogP contribution in [-0.2, 0) is 0 Å². The fourth-order valence-electron chi connectivity index (χ4n) is 3.15. The fraction of sp³-hybridized carbons (Fsp3) is 0.438. The van der Waals surface area contributed by atoms with Crippen LogP contribution in [0.15, 0.2) is 17.3 Å². The highest BCUT2D eigenvalue weighted by molar-refractivity contribution is 7.18. The maximum atomic E-state index is 11.3. The van der Waals surface area contributed by atoms with Crippen LogP contribution in [0.4, 0.5) is 5.00 Å². The first-order chi connectivity index (χ1) is 10.1. The van der Waals surface area contributed by atoms with E-state index in [0.717, 1.165) is 34.1 Å². The quantitative estimate of drug-likeness (QED) is 0.827. The van der Waals surface area contributed by atoms with Gasteiger partial charge < -0.3 is 10.4 Å². The van der Waals surface area contributed by atoms with E-state index in [0.29, 0.717) is 10.8 Å². The summed E-state index contributed by atoms with van der Waals surface area (Å²) in [6.07, 6.45) is 6.03. The second-order valence-corrected chi connectivity index (χ2v) is 6.63. The fourth-order valence-corrected chi connectivity index (χ4v) is 4.20. The van der Waals surface area contributed by atoms with E-state index >= 15 is 0 Å². The van der Waals surface area contributed by atoms with Crippen LogP contribution >= 0.6 is 11.3 Å². The number of thiophene rings is 1. The molecule has 0 spiro atoms. The Hall–Kier alpha value is -1.84. The van der Waals surface area contributed by atoms with Crippen molar-refractivity contribution in [3.63, 3.8) is 0 Å². The number of hydrogen-bond donors (Lipinski definition) is 2. The highest BCUT2D eigenvalue weighted by atomic mass is 32.1. The van der Waals surface area contributed by atoms with E-state index in [1.165, 1.54) is 37.0 Å². The van der Waals surface area contributed by atoms with Gasteiger partial charge in [0.1, 0.15) is 15.7 Å². The number of carbonyl (C=O) groups is 1. The van der Waals surface area contributed by atoms with E-state index in [9.17, 15) is 9.90 Å². The van der Waals surface area contributed by atoms with Crippen molar-refractivity contribution in [2.45, 2.75) is 39.0 Å². The van der Waals surface area contributed by atoms with Crippen LogP contribution in [0.5, 0.6) is 0 Å². The second kappa shape index (κ2) is 5.51. The number of nitrogens with one attached hydrogen (secondary N) is 1. The molecule has 0 unspecified atom stereocenters. The predicted molar refractivity (Wildman–Crippen MR) is 85.4 cm³/mol. The van der Waals surface area contributed by atoms with E-state index < -0.39 is 5.97 Å². The molecule has 1 aliphatic carbocycles. The Balaban J connectivity index is 1.98. The summed E-state index contributed by atoms with van der Waals surface area (Å²) in [7, 11) is 0. The van der Waals surface area contributed by atoms with Gasteiger partial charge in [-0.3, -0.25) is 0 Å². The van der Waals surface area contributed by atoms with Crippen molar-refractivity contribution in [3.05, 3.63) is 28.3 Å². The third-order valence-electron chi connectivity index (χ3n) is 4.21.